The van der Waals surface area contributed by atoms with Gasteiger partial charge in [-0.2, -0.15) is 4.68 Å². The van der Waals surface area contributed by atoms with Crippen LogP contribution in [0.3, 0.4) is 0 Å². The van der Waals surface area contributed by atoms with Gasteiger partial charge in [0.2, 0.25) is 5.91 Å². The van der Waals surface area contributed by atoms with Crippen molar-refractivity contribution in [1.82, 2.24) is 29.9 Å². The average Bonchev–Trinajstić information content (AvgIpc) is 3.32. The van der Waals surface area contributed by atoms with Crippen molar-refractivity contribution in [3.8, 4) is 5.69 Å². The van der Waals surface area contributed by atoms with Crippen LogP contribution in [-0.4, -0.2) is 66.9 Å². The average molecular weight is 470 g/mol. The summed E-state index contributed by atoms with van der Waals surface area (Å²) in [6.45, 7) is 4.28. The number of piperazine rings is 1. The van der Waals surface area contributed by atoms with Crippen molar-refractivity contribution < 1.29 is 9.72 Å². The highest BCUT2D eigenvalue weighted by atomic mass is 16.6. The van der Waals surface area contributed by atoms with Crippen LogP contribution in [0.15, 0.2) is 60.9 Å². The van der Waals surface area contributed by atoms with E-state index in [0.29, 0.717) is 43.2 Å². The summed E-state index contributed by atoms with van der Waals surface area (Å²) < 4.78 is 1.70. The molecular formula is C24H22N8O3. The SMILES string of the molecule is Cc1ccc(-n2nnc3c(N4CCN(C(=O)/C=C\c5ccc([N+](=O)[O-])cc5)CC4)ncnc32)cc1. The minimum absolute atomic E-state index is 0.0160. The number of aromatic nitrogens is 5. The highest BCUT2D eigenvalue weighted by Gasteiger charge is 2.24. The second-order valence-electron chi connectivity index (χ2n) is 8.20. The molecule has 1 fully saturated rings. The number of amides is 1. The van der Waals surface area contributed by atoms with E-state index < -0.39 is 4.92 Å². The predicted octanol–water partition coefficient (Wildman–Crippen LogP) is 2.79. The standard InChI is InChI=1S/C24H22N8O3/c1-17-2-7-19(8-3-17)31-24-22(27-28-31)23(25-16-26-24)30-14-12-29(13-15-30)21(33)11-6-18-4-9-20(10-5-18)32(34)35/h2-11,16H,12-15H2,1H3/b11-6-. The first-order valence-corrected chi connectivity index (χ1v) is 11.1. The van der Waals surface area contributed by atoms with E-state index in [1.165, 1.54) is 24.5 Å². The summed E-state index contributed by atoms with van der Waals surface area (Å²) in [4.78, 5) is 35.7. The van der Waals surface area contributed by atoms with Crippen molar-refractivity contribution in [2.45, 2.75) is 6.92 Å². The Kier molecular flexibility index (Phi) is 5.88. The molecule has 2 aromatic carbocycles. The number of non-ortho nitro benzene ring substituents is 1. The van der Waals surface area contributed by atoms with Crippen LogP contribution in [0.1, 0.15) is 11.1 Å². The molecule has 0 saturated carbocycles. The Morgan fingerprint density at radius 1 is 1.00 bits per heavy atom. The molecule has 1 aliphatic rings. The Morgan fingerprint density at radius 3 is 2.40 bits per heavy atom. The van der Waals surface area contributed by atoms with Gasteiger partial charge in [-0.15, -0.1) is 5.10 Å². The van der Waals surface area contributed by atoms with Crippen LogP contribution in [0.25, 0.3) is 22.9 Å². The second-order valence-corrected chi connectivity index (χ2v) is 8.20. The molecule has 11 nitrogen and oxygen atoms in total. The second kappa shape index (κ2) is 9.29. The Hall–Kier alpha value is -4.67. The highest BCUT2D eigenvalue weighted by Crippen LogP contribution is 2.24. The molecule has 0 unspecified atom stereocenters. The van der Waals surface area contributed by atoms with Crippen LogP contribution >= 0.6 is 0 Å². The van der Waals surface area contributed by atoms with Crippen molar-refractivity contribution in [1.29, 1.82) is 0 Å². The van der Waals surface area contributed by atoms with E-state index in [-0.39, 0.29) is 11.6 Å². The zero-order chi connectivity index (χ0) is 24.4. The summed E-state index contributed by atoms with van der Waals surface area (Å²) in [5.74, 6) is 0.586. The van der Waals surface area contributed by atoms with Crippen molar-refractivity contribution in [2.75, 3.05) is 31.1 Å². The molecule has 0 bridgehead atoms. The van der Waals surface area contributed by atoms with E-state index in [1.807, 2.05) is 31.2 Å². The fourth-order valence-electron chi connectivity index (χ4n) is 3.95. The number of hydrogen-bond acceptors (Lipinski definition) is 8. The molecule has 2 aromatic heterocycles. The van der Waals surface area contributed by atoms with Gasteiger partial charge in [-0.05, 0) is 42.8 Å². The molecule has 5 rings (SSSR count). The van der Waals surface area contributed by atoms with Crippen LogP contribution in [0.5, 0.6) is 0 Å². The van der Waals surface area contributed by atoms with E-state index in [4.69, 9.17) is 0 Å². The number of rotatable bonds is 5. The van der Waals surface area contributed by atoms with Crippen LogP contribution < -0.4 is 4.90 Å². The fourth-order valence-corrected chi connectivity index (χ4v) is 3.95. The summed E-state index contributed by atoms with van der Waals surface area (Å²) in [7, 11) is 0. The molecule has 0 spiro atoms. The lowest BCUT2D eigenvalue weighted by Crippen LogP contribution is -2.48. The molecule has 11 heteroatoms. The van der Waals surface area contributed by atoms with E-state index in [9.17, 15) is 14.9 Å². The Labute approximate surface area is 200 Å². The van der Waals surface area contributed by atoms with Gasteiger partial charge in [0.05, 0.1) is 10.6 Å². The summed E-state index contributed by atoms with van der Waals surface area (Å²) in [5.41, 5.74) is 4.01. The monoisotopic (exact) mass is 470 g/mol. The number of nitro benzene ring substituents is 1. The maximum absolute atomic E-state index is 12.6. The Balaban J connectivity index is 1.26. The van der Waals surface area contributed by atoms with Gasteiger partial charge in [-0.1, -0.05) is 22.9 Å². The van der Waals surface area contributed by atoms with Gasteiger partial charge in [-0.3, -0.25) is 14.9 Å². The number of aryl methyl sites for hydroxylation is 1. The van der Waals surface area contributed by atoms with Crippen molar-refractivity contribution in [3.63, 3.8) is 0 Å². The molecule has 0 aliphatic carbocycles. The molecule has 35 heavy (non-hydrogen) atoms. The molecule has 176 valence electrons. The molecule has 1 aliphatic heterocycles. The van der Waals surface area contributed by atoms with Gasteiger partial charge >= 0.3 is 0 Å². The number of benzene rings is 2. The maximum atomic E-state index is 12.6. The highest BCUT2D eigenvalue weighted by molar-refractivity contribution is 5.92. The first-order valence-electron chi connectivity index (χ1n) is 11.1. The Bertz CT molecular complexity index is 1410. The first kappa shape index (κ1) is 22.1. The van der Waals surface area contributed by atoms with E-state index in [0.717, 1.165) is 16.8 Å². The smallest absolute Gasteiger partial charge is 0.269 e. The summed E-state index contributed by atoms with van der Waals surface area (Å²) >= 11 is 0. The molecule has 1 amide bonds. The number of carbonyl (C=O) groups excluding carboxylic acids is 1. The lowest BCUT2D eigenvalue weighted by Gasteiger charge is -2.34. The fraction of sp³-hybridized carbons (Fsp3) is 0.208. The molecule has 1 saturated heterocycles. The number of carbonyl (C=O) groups is 1. The third-order valence-electron chi connectivity index (χ3n) is 5.91. The zero-order valence-corrected chi connectivity index (χ0v) is 19.0. The minimum Gasteiger partial charge on any atom is -0.351 e. The zero-order valence-electron chi connectivity index (χ0n) is 19.0. The predicted molar refractivity (Wildman–Crippen MR) is 130 cm³/mol. The maximum Gasteiger partial charge on any atom is 0.269 e. The number of anilines is 1. The van der Waals surface area contributed by atoms with Gasteiger partial charge in [0, 0.05) is 44.4 Å². The van der Waals surface area contributed by atoms with Crippen LogP contribution in [0.4, 0.5) is 11.5 Å². The summed E-state index contributed by atoms with van der Waals surface area (Å²) in [6.07, 6.45) is 4.67. The number of nitrogens with zero attached hydrogens (tertiary/aromatic N) is 8. The van der Waals surface area contributed by atoms with Crippen LogP contribution in [0.2, 0.25) is 0 Å². The van der Waals surface area contributed by atoms with Gasteiger partial charge in [0.25, 0.3) is 5.69 Å². The van der Waals surface area contributed by atoms with Crippen LogP contribution in [-0.2, 0) is 4.79 Å². The molecular weight excluding hydrogens is 448 g/mol. The van der Waals surface area contributed by atoms with Crippen molar-refractivity contribution >= 4 is 34.7 Å². The van der Waals surface area contributed by atoms with Gasteiger partial charge in [0.1, 0.15) is 6.33 Å². The van der Waals surface area contributed by atoms with Gasteiger partial charge in [-0.25, -0.2) is 9.97 Å². The number of nitro groups is 1. The van der Waals surface area contributed by atoms with Gasteiger partial charge < -0.3 is 9.80 Å². The van der Waals surface area contributed by atoms with Crippen LogP contribution in [0, 0.1) is 17.0 Å². The van der Waals surface area contributed by atoms with E-state index in [2.05, 4.69) is 25.2 Å². The molecule has 4 aromatic rings. The molecule has 3 heterocycles. The van der Waals surface area contributed by atoms with Gasteiger partial charge in [0.15, 0.2) is 17.0 Å². The van der Waals surface area contributed by atoms with E-state index in [1.54, 1.807) is 27.8 Å². The normalized spacial score (nSPS) is 14.1. The third-order valence-corrected chi connectivity index (χ3v) is 5.91. The largest absolute Gasteiger partial charge is 0.351 e. The molecule has 0 N–H and O–H groups in total. The van der Waals surface area contributed by atoms with E-state index >= 15 is 0 Å². The minimum atomic E-state index is -0.452. The Morgan fingerprint density at radius 2 is 1.71 bits per heavy atom. The quantitative estimate of drug-likeness (QED) is 0.248. The summed E-state index contributed by atoms with van der Waals surface area (Å²) in [5, 5.41) is 19.4. The number of hydrogen-bond donors (Lipinski definition) is 0. The first-order chi connectivity index (χ1) is 17.0. The lowest BCUT2D eigenvalue weighted by atomic mass is 10.2. The van der Waals surface area contributed by atoms with Crippen molar-refractivity contribution in [2.24, 2.45) is 0 Å². The third kappa shape index (κ3) is 4.56. The topological polar surface area (TPSA) is 123 Å². The van der Waals surface area contributed by atoms with Crippen molar-refractivity contribution in [3.05, 3.63) is 82.2 Å². The number of fused-ring (bicyclic) bond motifs is 1. The lowest BCUT2D eigenvalue weighted by molar-refractivity contribution is -0.384. The summed E-state index contributed by atoms with van der Waals surface area (Å²) in [6, 6.07) is 14.0. The molecule has 0 atom stereocenters. The molecule has 0 radical (unpaired) electrons.